The quantitative estimate of drug-likeness (QED) is 0.298. The maximum atomic E-state index is 13.7. The molecular formula is C24H16Cl2FNO4. The summed E-state index contributed by atoms with van der Waals surface area (Å²) in [6.45, 7) is 0. The number of carbonyl (C=O) groups excluding carboxylic acids is 2. The molecule has 162 valence electrons. The first-order valence-electron chi connectivity index (χ1n) is 9.47. The molecule has 1 N–H and O–H groups in total. The van der Waals surface area contributed by atoms with Gasteiger partial charge in [0.25, 0.3) is 11.7 Å². The summed E-state index contributed by atoms with van der Waals surface area (Å²) in [4.78, 5) is 27.3. The van der Waals surface area contributed by atoms with Crippen LogP contribution in [0, 0.1) is 5.82 Å². The number of rotatable bonds is 4. The number of carbonyl (C=O) groups is 2. The molecule has 1 heterocycles. The van der Waals surface area contributed by atoms with E-state index in [2.05, 4.69) is 0 Å². The number of methoxy groups -OCH3 is 1. The summed E-state index contributed by atoms with van der Waals surface area (Å²) in [6, 6.07) is 15.8. The summed E-state index contributed by atoms with van der Waals surface area (Å²) in [7, 11) is 1.51. The van der Waals surface area contributed by atoms with Gasteiger partial charge in [-0.25, -0.2) is 4.39 Å². The highest BCUT2D eigenvalue weighted by atomic mass is 35.5. The molecule has 1 unspecified atom stereocenters. The number of aliphatic hydroxyl groups excluding tert-OH is 1. The van der Waals surface area contributed by atoms with Gasteiger partial charge in [0, 0.05) is 16.3 Å². The maximum absolute atomic E-state index is 13.7. The van der Waals surface area contributed by atoms with Crippen LogP contribution in [-0.2, 0) is 9.59 Å². The SMILES string of the molecule is COc1ccc(C2/C(=C(\O)c3cccc(Cl)c3)C(=O)C(=O)N2c2ccc(F)c(Cl)c2)cc1. The van der Waals surface area contributed by atoms with Gasteiger partial charge in [-0.05, 0) is 48.0 Å². The van der Waals surface area contributed by atoms with Gasteiger partial charge in [0.1, 0.15) is 17.3 Å². The lowest BCUT2D eigenvalue weighted by molar-refractivity contribution is -0.132. The van der Waals surface area contributed by atoms with Gasteiger partial charge in [-0.2, -0.15) is 0 Å². The molecule has 0 bridgehead atoms. The van der Waals surface area contributed by atoms with Gasteiger partial charge in [0.05, 0.1) is 23.7 Å². The van der Waals surface area contributed by atoms with E-state index in [0.717, 1.165) is 6.07 Å². The summed E-state index contributed by atoms with van der Waals surface area (Å²) in [5.41, 5.74) is 0.910. The highest BCUT2D eigenvalue weighted by Crippen LogP contribution is 2.43. The van der Waals surface area contributed by atoms with Gasteiger partial charge >= 0.3 is 0 Å². The van der Waals surface area contributed by atoms with Crippen LogP contribution in [0.25, 0.3) is 5.76 Å². The predicted octanol–water partition coefficient (Wildman–Crippen LogP) is 5.77. The van der Waals surface area contributed by atoms with Crippen molar-refractivity contribution >= 4 is 46.3 Å². The van der Waals surface area contributed by atoms with E-state index in [9.17, 15) is 19.1 Å². The number of hydrogen-bond acceptors (Lipinski definition) is 4. The third-order valence-corrected chi connectivity index (χ3v) is 5.68. The van der Waals surface area contributed by atoms with Crippen molar-refractivity contribution < 1.29 is 23.8 Å². The molecular weight excluding hydrogens is 456 g/mol. The van der Waals surface area contributed by atoms with Crippen LogP contribution in [0.1, 0.15) is 17.2 Å². The van der Waals surface area contributed by atoms with Gasteiger partial charge < -0.3 is 9.84 Å². The minimum Gasteiger partial charge on any atom is -0.507 e. The molecule has 1 aliphatic rings. The van der Waals surface area contributed by atoms with Crippen LogP contribution >= 0.6 is 23.2 Å². The molecule has 1 atom stereocenters. The lowest BCUT2D eigenvalue weighted by Gasteiger charge is -2.25. The number of aliphatic hydroxyl groups is 1. The van der Waals surface area contributed by atoms with Crippen LogP contribution < -0.4 is 9.64 Å². The summed E-state index contributed by atoms with van der Waals surface area (Å²) < 4.78 is 18.9. The number of Topliss-reactive ketones (excluding diaryl/α,β-unsaturated/α-hetero) is 1. The van der Waals surface area contributed by atoms with Crippen LogP contribution in [0.2, 0.25) is 10.0 Å². The number of halogens is 3. The summed E-state index contributed by atoms with van der Waals surface area (Å²) >= 11 is 12.0. The van der Waals surface area contributed by atoms with Crippen molar-refractivity contribution in [3.8, 4) is 5.75 Å². The van der Waals surface area contributed by atoms with E-state index in [1.807, 2.05) is 0 Å². The van der Waals surface area contributed by atoms with Crippen molar-refractivity contribution in [1.29, 1.82) is 0 Å². The minimum absolute atomic E-state index is 0.122. The zero-order valence-electron chi connectivity index (χ0n) is 16.7. The van der Waals surface area contributed by atoms with Crippen LogP contribution in [0.3, 0.4) is 0 Å². The number of ketones is 1. The molecule has 0 radical (unpaired) electrons. The van der Waals surface area contributed by atoms with E-state index < -0.39 is 23.5 Å². The van der Waals surface area contributed by atoms with Gasteiger partial charge in [0.2, 0.25) is 0 Å². The Morgan fingerprint density at radius 3 is 2.38 bits per heavy atom. The first-order chi connectivity index (χ1) is 15.3. The normalized spacial score (nSPS) is 17.6. The van der Waals surface area contributed by atoms with Crippen molar-refractivity contribution in [2.24, 2.45) is 0 Å². The second-order valence-corrected chi connectivity index (χ2v) is 7.89. The van der Waals surface area contributed by atoms with Gasteiger partial charge in [-0.3, -0.25) is 14.5 Å². The first kappa shape index (κ1) is 21.9. The Hall–Kier alpha value is -3.35. The fourth-order valence-electron chi connectivity index (χ4n) is 3.63. The molecule has 0 aromatic heterocycles. The highest BCUT2D eigenvalue weighted by molar-refractivity contribution is 6.51. The maximum Gasteiger partial charge on any atom is 0.300 e. The number of anilines is 1. The molecule has 5 nitrogen and oxygen atoms in total. The molecule has 1 aliphatic heterocycles. The van der Waals surface area contributed by atoms with E-state index in [1.165, 1.54) is 30.2 Å². The summed E-state index contributed by atoms with van der Waals surface area (Å²) in [6.07, 6.45) is 0. The molecule has 3 aromatic rings. The number of nitrogens with zero attached hydrogens (tertiary/aromatic N) is 1. The van der Waals surface area contributed by atoms with Crippen molar-refractivity contribution in [2.75, 3.05) is 12.0 Å². The Labute approximate surface area is 193 Å². The number of ether oxygens (including phenoxy) is 1. The Balaban J connectivity index is 1.95. The van der Waals surface area contributed by atoms with Crippen LogP contribution in [0.4, 0.5) is 10.1 Å². The third kappa shape index (κ3) is 3.83. The Bertz CT molecular complexity index is 1260. The third-order valence-electron chi connectivity index (χ3n) is 5.16. The number of benzene rings is 3. The minimum atomic E-state index is -0.985. The van der Waals surface area contributed by atoms with Crippen LogP contribution in [-0.4, -0.2) is 23.9 Å². The van der Waals surface area contributed by atoms with Gasteiger partial charge in [0.15, 0.2) is 0 Å². The fraction of sp³-hybridized carbons (Fsp3) is 0.0833. The molecule has 4 rings (SSSR count). The smallest absolute Gasteiger partial charge is 0.300 e. The van der Waals surface area contributed by atoms with Crippen molar-refractivity contribution in [1.82, 2.24) is 0 Å². The van der Waals surface area contributed by atoms with E-state index in [1.54, 1.807) is 42.5 Å². The molecule has 1 amide bonds. The molecule has 1 saturated heterocycles. The molecule has 0 spiro atoms. The molecule has 0 aliphatic carbocycles. The second-order valence-electron chi connectivity index (χ2n) is 7.05. The Morgan fingerprint density at radius 1 is 1.03 bits per heavy atom. The molecule has 0 saturated carbocycles. The number of amides is 1. The predicted molar refractivity (Wildman–Crippen MR) is 121 cm³/mol. The zero-order chi connectivity index (χ0) is 23.0. The lowest BCUT2D eigenvalue weighted by atomic mass is 9.95. The van der Waals surface area contributed by atoms with E-state index >= 15 is 0 Å². The largest absolute Gasteiger partial charge is 0.507 e. The number of hydrogen-bond donors (Lipinski definition) is 1. The van der Waals surface area contributed by atoms with E-state index in [0.29, 0.717) is 16.3 Å². The summed E-state index contributed by atoms with van der Waals surface area (Å²) in [5, 5.41) is 11.2. The topological polar surface area (TPSA) is 66.8 Å². The lowest BCUT2D eigenvalue weighted by Crippen LogP contribution is -2.29. The van der Waals surface area contributed by atoms with E-state index in [4.69, 9.17) is 27.9 Å². The molecule has 3 aromatic carbocycles. The molecule has 32 heavy (non-hydrogen) atoms. The van der Waals surface area contributed by atoms with Crippen LogP contribution in [0.15, 0.2) is 72.3 Å². The Morgan fingerprint density at radius 2 is 1.75 bits per heavy atom. The highest BCUT2D eigenvalue weighted by Gasteiger charge is 2.47. The average molecular weight is 472 g/mol. The van der Waals surface area contributed by atoms with Gasteiger partial charge in [-0.15, -0.1) is 0 Å². The Kier molecular flexibility index (Phi) is 5.91. The fourth-order valence-corrected chi connectivity index (χ4v) is 3.99. The van der Waals surface area contributed by atoms with Crippen LogP contribution in [0.5, 0.6) is 5.75 Å². The van der Waals surface area contributed by atoms with Crippen molar-refractivity contribution in [3.63, 3.8) is 0 Å². The second kappa shape index (κ2) is 8.65. The first-order valence-corrected chi connectivity index (χ1v) is 10.2. The summed E-state index contributed by atoms with van der Waals surface area (Å²) in [5.74, 6) is -2.22. The standard InChI is InChI=1S/C24H16Cl2FNO4/c1-32-17-8-5-13(6-9-17)21-20(22(29)14-3-2-4-15(25)11-14)23(30)24(31)28(21)16-7-10-19(27)18(26)12-16/h2-12,21,29H,1H3/b22-20+. The van der Waals surface area contributed by atoms with E-state index in [-0.39, 0.29) is 27.6 Å². The monoisotopic (exact) mass is 471 g/mol. The molecule has 1 fully saturated rings. The zero-order valence-corrected chi connectivity index (χ0v) is 18.2. The molecule has 8 heteroatoms. The van der Waals surface area contributed by atoms with Crippen molar-refractivity contribution in [3.05, 3.63) is 99.3 Å². The van der Waals surface area contributed by atoms with Gasteiger partial charge in [-0.1, -0.05) is 47.5 Å². The average Bonchev–Trinajstić information content (AvgIpc) is 3.06. The van der Waals surface area contributed by atoms with Crippen molar-refractivity contribution in [2.45, 2.75) is 6.04 Å².